The maximum absolute atomic E-state index is 12.3. The maximum atomic E-state index is 12.3. The molecule has 3 rings (SSSR count). The van der Waals surface area contributed by atoms with Crippen LogP contribution >= 0.6 is 24.2 Å². The summed E-state index contributed by atoms with van der Waals surface area (Å²) in [7, 11) is 0. The van der Waals surface area contributed by atoms with Crippen molar-refractivity contribution >= 4 is 30.1 Å². The van der Waals surface area contributed by atoms with Gasteiger partial charge in [0.15, 0.2) is 11.5 Å². The molecule has 7 heteroatoms. The van der Waals surface area contributed by atoms with E-state index in [1.807, 2.05) is 23.1 Å². The molecule has 1 saturated heterocycles. The van der Waals surface area contributed by atoms with Crippen LogP contribution in [0.15, 0.2) is 23.1 Å². The van der Waals surface area contributed by atoms with Crippen LogP contribution in [-0.2, 0) is 4.79 Å². The molecule has 25 heavy (non-hydrogen) atoms. The molecule has 0 spiro atoms. The predicted octanol–water partition coefficient (Wildman–Crippen LogP) is 2.95. The van der Waals surface area contributed by atoms with E-state index >= 15 is 0 Å². The van der Waals surface area contributed by atoms with Gasteiger partial charge >= 0.3 is 0 Å². The minimum absolute atomic E-state index is 0. The Morgan fingerprint density at radius 3 is 2.64 bits per heavy atom. The number of carbonyl (C=O) groups excluding carboxylic acids is 1. The van der Waals surface area contributed by atoms with Crippen molar-refractivity contribution in [2.24, 2.45) is 11.7 Å². The molecule has 1 atom stereocenters. The molecule has 2 aliphatic rings. The summed E-state index contributed by atoms with van der Waals surface area (Å²) in [6, 6.07) is 6.19. The van der Waals surface area contributed by atoms with Gasteiger partial charge in [-0.25, -0.2) is 0 Å². The van der Waals surface area contributed by atoms with Gasteiger partial charge in [0.2, 0.25) is 5.91 Å². The first-order chi connectivity index (χ1) is 11.6. The highest BCUT2D eigenvalue weighted by molar-refractivity contribution is 7.99. The van der Waals surface area contributed by atoms with Gasteiger partial charge in [-0.3, -0.25) is 4.79 Å². The van der Waals surface area contributed by atoms with Gasteiger partial charge < -0.3 is 20.1 Å². The summed E-state index contributed by atoms with van der Waals surface area (Å²) in [5, 5.41) is 0. The minimum atomic E-state index is 0. The van der Waals surface area contributed by atoms with Crippen molar-refractivity contribution in [2.75, 3.05) is 32.1 Å². The van der Waals surface area contributed by atoms with Crippen molar-refractivity contribution in [3.63, 3.8) is 0 Å². The van der Waals surface area contributed by atoms with Crippen molar-refractivity contribution < 1.29 is 14.3 Å². The molecule has 0 aliphatic carbocycles. The molecule has 2 aliphatic heterocycles. The van der Waals surface area contributed by atoms with Crippen molar-refractivity contribution in [1.82, 2.24) is 4.90 Å². The fourth-order valence-electron chi connectivity index (χ4n) is 3.20. The standard InChI is InChI=1S/C18H26N2O3S.ClH/c1-13(19)14-4-7-20(8-5-14)18(21)6-11-24-15-2-3-16-17(12-15)23-10-9-22-16;/h2-3,12-14H,4-11,19H2,1H3;1H. The highest BCUT2D eigenvalue weighted by Crippen LogP contribution is 2.34. The lowest BCUT2D eigenvalue weighted by Gasteiger charge is -2.33. The molecule has 0 saturated carbocycles. The molecule has 2 heterocycles. The zero-order valence-electron chi connectivity index (χ0n) is 14.6. The lowest BCUT2D eigenvalue weighted by atomic mass is 9.91. The minimum Gasteiger partial charge on any atom is -0.486 e. The van der Waals surface area contributed by atoms with E-state index in [-0.39, 0.29) is 24.4 Å². The van der Waals surface area contributed by atoms with Crippen LogP contribution in [0.5, 0.6) is 11.5 Å². The molecule has 0 bridgehead atoms. The first-order valence-electron chi connectivity index (χ1n) is 8.69. The fraction of sp³-hybridized carbons (Fsp3) is 0.611. The number of hydrogen-bond acceptors (Lipinski definition) is 5. The first kappa shape index (κ1) is 20.2. The van der Waals surface area contributed by atoms with Crippen molar-refractivity contribution in [3.8, 4) is 11.5 Å². The molecular formula is C18H27ClN2O3S. The van der Waals surface area contributed by atoms with Crippen LogP contribution in [0.3, 0.4) is 0 Å². The van der Waals surface area contributed by atoms with Gasteiger partial charge in [-0.1, -0.05) is 0 Å². The number of nitrogens with two attached hydrogens (primary N) is 1. The number of fused-ring (bicyclic) bond motifs is 1. The number of carbonyl (C=O) groups is 1. The van der Waals surface area contributed by atoms with Gasteiger partial charge in [-0.15, -0.1) is 24.2 Å². The SMILES string of the molecule is CC(N)C1CCN(C(=O)CCSc2ccc3c(c2)OCCO3)CC1.Cl. The number of rotatable bonds is 5. The Morgan fingerprint density at radius 2 is 1.96 bits per heavy atom. The molecule has 1 amide bonds. The van der Waals surface area contributed by atoms with E-state index in [1.165, 1.54) is 0 Å². The zero-order chi connectivity index (χ0) is 16.9. The number of amides is 1. The summed E-state index contributed by atoms with van der Waals surface area (Å²) in [6.45, 7) is 4.95. The Balaban J connectivity index is 0.00000225. The van der Waals surface area contributed by atoms with Crippen LogP contribution in [0, 0.1) is 5.92 Å². The van der Waals surface area contributed by atoms with E-state index in [4.69, 9.17) is 15.2 Å². The van der Waals surface area contributed by atoms with Crippen molar-refractivity contribution in [2.45, 2.75) is 37.1 Å². The molecule has 1 fully saturated rings. The van der Waals surface area contributed by atoms with Gasteiger partial charge in [-0.05, 0) is 43.9 Å². The molecule has 5 nitrogen and oxygen atoms in total. The Bertz CT molecular complexity index is 577. The summed E-state index contributed by atoms with van der Waals surface area (Å²) in [6.07, 6.45) is 2.62. The largest absolute Gasteiger partial charge is 0.486 e. The summed E-state index contributed by atoms with van der Waals surface area (Å²) < 4.78 is 11.1. The summed E-state index contributed by atoms with van der Waals surface area (Å²) in [5.41, 5.74) is 5.96. The van der Waals surface area contributed by atoms with E-state index < -0.39 is 0 Å². The molecule has 0 aromatic heterocycles. The average molecular weight is 387 g/mol. The Labute approximate surface area is 160 Å². The highest BCUT2D eigenvalue weighted by Gasteiger charge is 2.24. The van der Waals surface area contributed by atoms with Gasteiger partial charge in [0.25, 0.3) is 0 Å². The normalized spacial score (nSPS) is 18.4. The van der Waals surface area contributed by atoms with Crippen LogP contribution in [0.4, 0.5) is 0 Å². The van der Waals surface area contributed by atoms with E-state index in [9.17, 15) is 4.79 Å². The van der Waals surface area contributed by atoms with Gasteiger partial charge in [0.05, 0.1) is 0 Å². The lowest BCUT2D eigenvalue weighted by molar-refractivity contribution is -0.132. The second-order valence-electron chi connectivity index (χ2n) is 6.48. The highest BCUT2D eigenvalue weighted by atomic mass is 35.5. The van der Waals surface area contributed by atoms with E-state index in [0.717, 1.165) is 48.1 Å². The Hall–Kier alpha value is -1.11. The predicted molar refractivity (Wildman–Crippen MR) is 103 cm³/mol. The fourth-order valence-corrected chi connectivity index (χ4v) is 4.07. The average Bonchev–Trinajstić information content (AvgIpc) is 2.61. The lowest BCUT2D eigenvalue weighted by Crippen LogP contribution is -2.42. The molecule has 140 valence electrons. The number of likely N-dealkylation sites (tertiary alicyclic amines) is 1. The molecule has 0 radical (unpaired) electrons. The van der Waals surface area contributed by atoms with Gasteiger partial charge in [-0.2, -0.15) is 0 Å². The van der Waals surface area contributed by atoms with Gasteiger partial charge in [0.1, 0.15) is 13.2 Å². The Kier molecular flexibility index (Phi) is 7.72. The monoisotopic (exact) mass is 386 g/mol. The third-order valence-electron chi connectivity index (χ3n) is 4.73. The van der Waals surface area contributed by atoms with Crippen molar-refractivity contribution in [1.29, 1.82) is 0 Å². The second-order valence-corrected chi connectivity index (χ2v) is 7.65. The van der Waals surface area contributed by atoms with Gasteiger partial charge in [0, 0.05) is 36.2 Å². The molecule has 1 aromatic carbocycles. The van der Waals surface area contributed by atoms with E-state index in [1.54, 1.807) is 11.8 Å². The van der Waals surface area contributed by atoms with E-state index in [0.29, 0.717) is 25.6 Å². The summed E-state index contributed by atoms with van der Waals surface area (Å²) >= 11 is 1.69. The summed E-state index contributed by atoms with van der Waals surface area (Å²) in [5.74, 6) is 3.20. The van der Waals surface area contributed by atoms with Crippen LogP contribution in [0.2, 0.25) is 0 Å². The smallest absolute Gasteiger partial charge is 0.223 e. The van der Waals surface area contributed by atoms with Crippen LogP contribution in [0.25, 0.3) is 0 Å². The van der Waals surface area contributed by atoms with Crippen LogP contribution in [-0.4, -0.2) is 48.9 Å². The molecule has 2 N–H and O–H groups in total. The molecular weight excluding hydrogens is 360 g/mol. The number of thioether (sulfide) groups is 1. The quantitative estimate of drug-likeness (QED) is 0.788. The number of halogens is 1. The maximum Gasteiger partial charge on any atom is 0.223 e. The first-order valence-corrected chi connectivity index (χ1v) is 9.68. The number of ether oxygens (including phenoxy) is 2. The number of benzene rings is 1. The van der Waals surface area contributed by atoms with Crippen molar-refractivity contribution in [3.05, 3.63) is 18.2 Å². The number of hydrogen-bond donors (Lipinski definition) is 1. The van der Waals surface area contributed by atoms with E-state index in [2.05, 4.69) is 6.92 Å². The third-order valence-corrected chi connectivity index (χ3v) is 5.73. The molecule has 1 unspecified atom stereocenters. The number of nitrogens with zero attached hydrogens (tertiary/aromatic N) is 1. The molecule has 1 aromatic rings. The van der Waals surface area contributed by atoms with Crippen LogP contribution in [0.1, 0.15) is 26.2 Å². The Morgan fingerprint density at radius 1 is 1.28 bits per heavy atom. The topological polar surface area (TPSA) is 64.8 Å². The zero-order valence-corrected chi connectivity index (χ0v) is 16.2. The second kappa shape index (κ2) is 9.55. The third kappa shape index (κ3) is 5.43. The number of piperidine rings is 1. The summed E-state index contributed by atoms with van der Waals surface area (Å²) in [4.78, 5) is 15.4. The van der Waals surface area contributed by atoms with Crippen LogP contribution < -0.4 is 15.2 Å².